The fraction of sp³-hybridized carbons (Fsp3) is 0.316. The summed E-state index contributed by atoms with van der Waals surface area (Å²) in [7, 11) is 0. The molecule has 1 aliphatic heterocycles. The molecule has 0 aliphatic carbocycles. The largest absolute Gasteiger partial charge is 0.488 e. The maximum absolute atomic E-state index is 12.6. The van der Waals surface area contributed by atoms with Crippen molar-refractivity contribution in [2.75, 3.05) is 13.1 Å². The third-order valence-electron chi connectivity index (χ3n) is 4.07. The Labute approximate surface area is 147 Å². The monoisotopic (exact) mass is 344 g/mol. The summed E-state index contributed by atoms with van der Waals surface area (Å²) in [6.07, 6.45) is 2.09. The van der Waals surface area contributed by atoms with E-state index < -0.39 is 0 Å². The van der Waals surface area contributed by atoms with E-state index in [2.05, 4.69) is 10.6 Å². The van der Waals surface area contributed by atoms with E-state index in [0.29, 0.717) is 22.9 Å². The van der Waals surface area contributed by atoms with Crippen LogP contribution < -0.4 is 15.4 Å². The molecule has 0 radical (unpaired) electrons. The Morgan fingerprint density at radius 3 is 2.75 bits per heavy atom. The van der Waals surface area contributed by atoms with E-state index in [1.54, 1.807) is 6.07 Å². The van der Waals surface area contributed by atoms with Crippen LogP contribution >= 0.6 is 11.6 Å². The van der Waals surface area contributed by atoms with E-state index in [0.717, 1.165) is 31.5 Å². The number of rotatable bonds is 5. The zero-order chi connectivity index (χ0) is 16.8. The summed E-state index contributed by atoms with van der Waals surface area (Å²) < 4.78 is 5.85. The number of nitrogens with one attached hydrogen (secondary N) is 2. The topological polar surface area (TPSA) is 50.4 Å². The molecule has 126 valence electrons. The minimum atomic E-state index is -0.0876. The van der Waals surface area contributed by atoms with Gasteiger partial charge in [0.15, 0.2) is 0 Å². The molecule has 1 aliphatic rings. The van der Waals surface area contributed by atoms with Crippen LogP contribution in [-0.2, 0) is 6.61 Å². The summed E-state index contributed by atoms with van der Waals surface area (Å²) in [5.41, 5.74) is 1.57. The lowest BCUT2D eigenvalue weighted by Gasteiger charge is -2.24. The van der Waals surface area contributed by atoms with E-state index in [-0.39, 0.29) is 11.9 Å². The van der Waals surface area contributed by atoms with Gasteiger partial charge in [0.1, 0.15) is 12.4 Å². The van der Waals surface area contributed by atoms with Crippen LogP contribution in [0, 0.1) is 0 Å². The summed E-state index contributed by atoms with van der Waals surface area (Å²) in [5.74, 6) is 0.504. The van der Waals surface area contributed by atoms with E-state index in [4.69, 9.17) is 16.3 Å². The normalized spacial score (nSPS) is 17.3. The Balaban J connectivity index is 1.65. The number of para-hydroxylation sites is 1. The van der Waals surface area contributed by atoms with Crippen molar-refractivity contribution in [1.82, 2.24) is 10.6 Å². The zero-order valence-corrected chi connectivity index (χ0v) is 14.2. The molecule has 1 saturated heterocycles. The van der Waals surface area contributed by atoms with Crippen molar-refractivity contribution >= 4 is 17.5 Å². The smallest absolute Gasteiger partial charge is 0.255 e. The van der Waals surface area contributed by atoms with Gasteiger partial charge in [-0.2, -0.15) is 0 Å². The van der Waals surface area contributed by atoms with E-state index in [1.807, 2.05) is 42.5 Å². The van der Waals surface area contributed by atoms with Gasteiger partial charge in [-0.25, -0.2) is 0 Å². The van der Waals surface area contributed by atoms with Gasteiger partial charge in [0.05, 0.1) is 5.56 Å². The highest BCUT2D eigenvalue weighted by atomic mass is 35.5. The number of hydrogen-bond acceptors (Lipinski definition) is 3. The highest BCUT2D eigenvalue weighted by Crippen LogP contribution is 2.20. The first-order valence-corrected chi connectivity index (χ1v) is 8.58. The molecule has 0 spiro atoms. The molecule has 0 saturated carbocycles. The van der Waals surface area contributed by atoms with Crippen molar-refractivity contribution in [2.45, 2.75) is 25.5 Å². The van der Waals surface area contributed by atoms with Crippen LogP contribution in [0.1, 0.15) is 28.8 Å². The second-order valence-electron chi connectivity index (χ2n) is 5.93. The number of halogens is 1. The Hall–Kier alpha value is -2.04. The number of benzene rings is 2. The Morgan fingerprint density at radius 2 is 2.00 bits per heavy atom. The second kappa shape index (κ2) is 8.18. The summed E-state index contributed by atoms with van der Waals surface area (Å²) in [4.78, 5) is 12.6. The molecule has 5 heteroatoms. The summed E-state index contributed by atoms with van der Waals surface area (Å²) >= 11 is 5.89. The van der Waals surface area contributed by atoms with Crippen molar-refractivity contribution in [2.24, 2.45) is 0 Å². The lowest BCUT2D eigenvalue weighted by Crippen LogP contribution is -2.45. The fourth-order valence-electron chi connectivity index (χ4n) is 2.76. The average Bonchev–Trinajstić information content (AvgIpc) is 2.62. The van der Waals surface area contributed by atoms with E-state index in [1.165, 1.54) is 0 Å². The van der Waals surface area contributed by atoms with Gasteiger partial charge >= 0.3 is 0 Å². The molecule has 0 bridgehead atoms. The highest BCUT2D eigenvalue weighted by molar-refractivity contribution is 6.30. The first-order chi connectivity index (χ1) is 11.7. The van der Waals surface area contributed by atoms with Crippen molar-refractivity contribution in [3.8, 4) is 5.75 Å². The van der Waals surface area contributed by atoms with Gasteiger partial charge in [0, 0.05) is 17.6 Å². The van der Waals surface area contributed by atoms with Gasteiger partial charge in [0.2, 0.25) is 0 Å². The van der Waals surface area contributed by atoms with Crippen LogP contribution in [0.2, 0.25) is 5.02 Å². The second-order valence-corrected chi connectivity index (χ2v) is 6.36. The van der Waals surface area contributed by atoms with Crippen LogP contribution in [0.3, 0.4) is 0 Å². The minimum Gasteiger partial charge on any atom is -0.488 e. The predicted octanol–water partition coefficient (Wildman–Crippen LogP) is 3.40. The molecule has 2 aromatic rings. The zero-order valence-electron chi connectivity index (χ0n) is 13.4. The molecular formula is C19H21ClN2O2. The third-order valence-corrected chi connectivity index (χ3v) is 4.32. The maximum atomic E-state index is 12.6. The van der Waals surface area contributed by atoms with Crippen LogP contribution in [0.25, 0.3) is 0 Å². The molecule has 1 amide bonds. The molecular weight excluding hydrogens is 324 g/mol. The first kappa shape index (κ1) is 16.8. The quantitative estimate of drug-likeness (QED) is 0.874. The minimum absolute atomic E-state index is 0.0876. The fourth-order valence-corrected chi connectivity index (χ4v) is 2.89. The number of carbonyl (C=O) groups excluding carboxylic acids is 1. The van der Waals surface area contributed by atoms with Crippen LogP contribution in [0.5, 0.6) is 5.75 Å². The molecule has 4 nitrogen and oxygen atoms in total. The van der Waals surface area contributed by atoms with Crippen molar-refractivity contribution in [1.29, 1.82) is 0 Å². The van der Waals surface area contributed by atoms with Gasteiger partial charge in [-0.3, -0.25) is 4.79 Å². The summed E-state index contributed by atoms with van der Waals surface area (Å²) in [6, 6.07) is 15.0. The Morgan fingerprint density at radius 1 is 1.21 bits per heavy atom. The van der Waals surface area contributed by atoms with Crippen molar-refractivity contribution < 1.29 is 9.53 Å². The van der Waals surface area contributed by atoms with Crippen molar-refractivity contribution in [3.63, 3.8) is 0 Å². The number of carbonyl (C=O) groups is 1. The molecule has 2 aromatic carbocycles. The Bertz CT molecular complexity index is 682. The van der Waals surface area contributed by atoms with Gasteiger partial charge in [-0.05, 0) is 49.2 Å². The number of ether oxygens (including phenoxy) is 1. The third kappa shape index (κ3) is 4.49. The molecule has 1 heterocycles. The standard InChI is InChI=1S/C19H21ClN2O2/c20-15-9-7-14(8-10-15)13-24-18-6-2-1-5-17(18)19(23)22-16-4-3-11-21-12-16/h1-2,5-10,16,21H,3-4,11-13H2,(H,22,23)/t16-/m0/s1. The van der Waals surface area contributed by atoms with Crippen LogP contribution in [0.4, 0.5) is 0 Å². The van der Waals surface area contributed by atoms with Crippen LogP contribution in [0.15, 0.2) is 48.5 Å². The molecule has 24 heavy (non-hydrogen) atoms. The molecule has 3 rings (SSSR count). The lowest BCUT2D eigenvalue weighted by atomic mass is 10.1. The molecule has 2 N–H and O–H groups in total. The lowest BCUT2D eigenvalue weighted by molar-refractivity contribution is 0.0926. The van der Waals surface area contributed by atoms with Gasteiger partial charge in [-0.15, -0.1) is 0 Å². The SMILES string of the molecule is O=C(N[C@H]1CCCNC1)c1ccccc1OCc1ccc(Cl)cc1. The van der Waals surface area contributed by atoms with Crippen LogP contribution in [-0.4, -0.2) is 25.0 Å². The maximum Gasteiger partial charge on any atom is 0.255 e. The molecule has 0 aromatic heterocycles. The summed E-state index contributed by atoms with van der Waals surface area (Å²) in [5, 5.41) is 7.08. The number of piperidine rings is 1. The van der Waals surface area contributed by atoms with E-state index >= 15 is 0 Å². The molecule has 1 fully saturated rings. The highest BCUT2D eigenvalue weighted by Gasteiger charge is 2.18. The molecule has 0 unspecified atom stereocenters. The predicted molar refractivity (Wildman–Crippen MR) is 95.6 cm³/mol. The Kier molecular flexibility index (Phi) is 5.72. The molecule has 1 atom stereocenters. The number of amides is 1. The van der Waals surface area contributed by atoms with Gasteiger partial charge < -0.3 is 15.4 Å². The summed E-state index contributed by atoms with van der Waals surface area (Å²) in [6.45, 7) is 2.24. The van der Waals surface area contributed by atoms with Crippen molar-refractivity contribution in [3.05, 3.63) is 64.7 Å². The van der Waals surface area contributed by atoms with Gasteiger partial charge in [0.25, 0.3) is 5.91 Å². The first-order valence-electron chi connectivity index (χ1n) is 8.20. The van der Waals surface area contributed by atoms with E-state index in [9.17, 15) is 4.79 Å². The average molecular weight is 345 g/mol. The van der Waals surface area contributed by atoms with Gasteiger partial charge in [-0.1, -0.05) is 35.9 Å². The number of hydrogen-bond donors (Lipinski definition) is 2.